The highest BCUT2D eigenvalue weighted by atomic mass is 16.5. The molecule has 2 unspecified atom stereocenters. The van der Waals surface area contributed by atoms with Gasteiger partial charge in [-0.2, -0.15) is 0 Å². The van der Waals surface area contributed by atoms with Gasteiger partial charge in [0.15, 0.2) is 0 Å². The molecule has 0 heterocycles. The molecule has 0 spiro atoms. The van der Waals surface area contributed by atoms with E-state index in [4.69, 9.17) is 4.74 Å². The van der Waals surface area contributed by atoms with E-state index >= 15 is 0 Å². The van der Waals surface area contributed by atoms with Crippen molar-refractivity contribution in [1.29, 1.82) is 0 Å². The Labute approximate surface area is 527 Å². The van der Waals surface area contributed by atoms with Crippen LogP contribution in [0.3, 0.4) is 0 Å². The second kappa shape index (κ2) is 74.1. The molecule has 0 rings (SSSR count). The second-order valence-corrected chi connectivity index (χ2v) is 27.0. The molecule has 0 aromatic heterocycles. The van der Waals surface area contributed by atoms with Gasteiger partial charge >= 0.3 is 5.97 Å². The predicted octanol–water partition coefficient (Wildman–Crippen LogP) is 25.5. The predicted molar refractivity (Wildman–Crippen MR) is 370 cm³/mol. The van der Waals surface area contributed by atoms with Gasteiger partial charge in [-0.15, -0.1) is 0 Å². The number of nitrogens with one attached hydrogen (secondary N) is 1. The smallest absolute Gasteiger partial charge is 0.305 e. The Kier molecular flexibility index (Phi) is 72.8. The van der Waals surface area contributed by atoms with Gasteiger partial charge in [0.05, 0.1) is 25.4 Å². The number of aliphatic hydroxyl groups is 2. The molecule has 0 aromatic rings. The van der Waals surface area contributed by atoms with Gasteiger partial charge in [0.25, 0.3) is 0 Å². The fraction of sp³-hybridized carbons (Fsp3) is 0.949. The van der Waals surface area contributed by atoms with Gasteiger partial charge in [0.2, 0.25) is 5.91 Å². The Balaban J connectivity index is 3.37. The fourth-order valence-electron chi connectivity index (χ4n) is 12.6. The van der Waals surface area contributed by atoms with Crippen LogP contribution in [-0.2, 0) is 14.3 Å². The number of rotatable bonds is 74. The van der Waals surface area contributed by atoms with Crippen LogP contribution in [0.4, 0.5) is 0 Å². The van der Waals surface area contributed by atoms with Crippen LogP contribution in [0.15, 0.2) is 12.2 Å². The Morgan fingerprint density at radius 3 is 0.845 bits per heavy atom. The molecule has 0 saturated carbocycles. The van der Waals surface area contributed by atoms with Crippen LogP contribution in [0.1, 0.15) is 450 Å². The van der Waals surface area contributed by atoms with E-state index in [1.807, 2.05) is 0 Å². The summed E-state index contributed by atoms with van der Waals surface area (Å²) in [6.45, 7) is 5.01. The van der Waals surface area contributed by atoms with E-state index in [1.165, 1.54) is 379 Å². The Hall–Kier alpha value is -1.40. The molecule has 0 aliphatic carbocycles. The van der Waals surface area contributed by atoms with Crippen LogP contribution in [0.25, 0.3) is 0 Å². The van der Waals surface area contributed by atoms with E-state index in [0.717, 1.165) is 38.5 Å². The number of unbranched alkanes of at least 4 members (excludes halogenated alkanes) is 61. The number of carbonyl (C=O) groups is 2. The minimum atomic E-state index is -0.666. The summed E-state index contributed by atoms with van der Waals surface area (Å²) < 4.78 is 5.50. The number of ether oxygens (including phenoxy) is 1. The average Bonchev–Trinajstić information content (AvgIpc) is 3.53. The Morgan fingerprint density at radius 2 is 0.560 bits per heavy atom. The maximum absolute atomic E-state index is 12.6. The first-order valence-electron chi connectivity index (χ1n) is 38.9. The van der Waals surface area contributed by atoms with Crippen molar-refractivity contribution >= 4 is 11.9 Å². The molecule has 0 bridgehead atoms. The Bertz CT molecular complexity index is 1270. The highest BCUT2D eigenvalue weighted by Gasteiger charge is 2.20. The van der Waals surface area contributed by atoms with Gasteiger partial charge in [-0.25, -0.2) is 0 Å². The number of esters is 1. The van der Waals surface area contributed by atoms with Crippen molar-refractivity contribution in [1.82, 2.24) is 5.32 Å². The van der Waals surface area contributed by atoms with Crippen molar-refractivity contribution in [3.8, 4) is 0 Å². The van der Waals surface area contributed by atoms with E-state index in [9.17, 15) is 19.8 Å². The van der Waals surface area contributed by atoms with Crippen molar-refractivity contribution in [2.75, 3.05) is 13.2 Å². The minimum absolute atomic E-state index is 0.0194. The molecule has 0 saturated heterocycles. The standard InChI is InChI=1S/C78H153NO5/c1-3-5-7-9-11-13-15-17-19-20-21-22-23-27-30-33-36-39-43-46-50-54-58-62-66-70-76(81)75(74-80)79-77(82)71-67-63-59-55-51-47-44-40-37-34-31-28-25-24-26-29-32-35-38-41-45-49-53-57-61-65-69-73-84-78(83)72-68-64-60-56-52-48-42-18-16-14-12-10-8-6-4-2/h24-25,75-76,80-81H,3-23,26-74H2,1-2H3,(H,79,82)/b25-24-. The number of amides is 1. The average molecular weight is 1190 g/mol. The number of carbonyl (C=O) groups excluding carboxylic acids is 2. The maximum atomic E-state index is 12.6. The third-order valence-electron chi connectivity index (χ3n) is 18.6. The summed E-state index contributed by atoms with van der Waals surface area (Å²) in [6.07, 6.45) is 92.9. The number of allylic oxidation sites excluding steroid dienone is 2. The molecule has 0 radical (unpaired) electrons. The van der Waals surface area contributed by atoms with Crippen LogP contribution in [-0.4, -0.2) is 47.4 Å². The number of aliphatic hydroxyl groups excluding tert-OH is 2. The van der Waals surface area contributed by atoms with Crippen LogP contribution in [0.2, 0.25) is 0 Å². The molecule has 0 fully saturated rings. The maximum Gasteiger partial charge on any atom is 0.305 e. The molecule has 0 aromatic carbocycles. The van der Waals surface area contributed by atoms with Gasteiger partial charge in [0.1, 0.15) is 0 Å². The molecule has 0 aliphatic heterocycles. The minimum Gasteiger partial charge on any atom is -0.466 e. The normalized spacial score (nSPS) is 12.5. The monoisotopic (exact) mass is 1180 g/mol. The van der Waals surface area contributed by atoms with E-state index in [0.29, 0.717) is 25.9 Å². The van der Waals surface area contributed by atoms with E-state index in [-0.39, 0.29) is 18.5 Å². The van der Waals surface area contributed by atoms with Crippen molar-refractivity contribution in [3.63, 3.8) is 0 Å². The first kappa shape index (κ1) is 82.6. The summed E-state index contributed by atoms with van der Waals surface area (Å²) in [5.74, 6) is -0.0103. The summed E-state index contributed by atoms with van der Waals surface area (Å²) in [5, 5.41) is 23.5. The van der Waals surface area contributed by atoms with Crippen LogP contribution in [0, 0.1) is 0 Å². The Morgan fingerprint density at radius 1 is 0.321 bits per heavy atom. The van der Waals surface area contributed by atoms with Gasteiger partial charge in [-0.05, 0) is 51.4 Å². The summed E-state index contributed by atoms with van der Waals surface area (Å²) in [6, 6.07) is -0.543. The molecule has 6 nitrogen and oxygen atoms in total. The zero-order valence-electron chi connectivity index (χ0n) is 57.4. The lowest BCUT2D eigenvalue weighted by Crippen LogP contribution is -2.45. The number of hydrogen-bond donors (Lipinski definition) is 3. The fourth-order valence-corrected chi connectivity index (χ4v) is 12.6. The molecule has 6 heteroatoms. The van der Waals surface area contributed by atoms with Gasteiger partial charge in [-0.3, -0.25) is 9.59 Å². The molecule has 0 aliphatic rings. The molecule has 2 atom stereocenters. The summed E-state index contributed by atoms with van der Waals surface area (Å²) in [4.78, 5) is 24.7. The van der Waals surface area contributed by atoms with Gasteiger partial charge in [-0.1, -0.05) is 398 Å². The van der Waals surface area contributed by atoms with E-state index < -0.39 is 12.1 Å². The molecule has 500 valence electrons. The van der Waals surface area contributed by atoms with Crippen LogP contribution in [0.5, 0.6) is 0 Å². The van der Waals surface area contributed by atoms with Crippen molar-refractivity contribution < 1.29 is 24.5 Å². The third kappa shape index (κ3) is 69.7. The zero-order valence-corrected chi connectivity index (χ0v) is 57.4. The highest BCUT2D eigenvalue weighted by molar-refractivity contribution is 5.76. The zero-order chi connectivity index (χ0) is 60.6. The quantitative estimate of drug-likeness (QED) is 0.0320. The molecular formula is C78H153NO5. The lowest BCUT2D eigenvalue weighted by molar-refractivity contribution is -0.143. The first-order chi connectivity index (χ1) is 41.5. The summed E-state index contributed by atoms with van der Waals surface area (Å²) in [5.41, 5.74) is 0. The molecule has 3 N–H and O–H groups in total. The van der Waals surface area contributed by atoms with E-state index in [1.54, 1.807) is 0 Å². The first-order valence-corrected chi connectivity index (χ1v) is 38.9. The lowest BCUT2D eigenvalue weighted by atomic mass is 10.0. The second-order valence-electron chi connectivity index (χ2n) is 27.0. The lowest BCUT2D eigenvalue weighted by Gasteiger charge is -2.22. The van der Waals surface area contributed by atoms with Crippen LogP contribution >= 0.6 is 0 Å². The van der Waals surface area contributed by atoms with Crippen molar-refractivity contribution in [3.05, 3.63) is 12.2 Å². The van der Waals surface area contributed by atoms with E-state index in [2.05, 4.69) is 31.3 Å². The highest BCUT2D eigenvalue weighted by Crippen LogP contribution is 2.20. The molecule has 1 amide bonds. The van der Waals surface area contributed by atoms with Crippen molar-refractivity contribution in [2.45, 2.75) is 463 Å². The number of hydrogen-bond acceptors (Lipinski definition) is 5. The summed E-state index contributed by atoms with van der Waals surface area (Å²) in [7, 11) is 0. The largest absolute Gasteiger partial charge is 0.466 e. The third-order valence-corrected chi connectivity index (χ3v) is 18.6. The van der Waals surface area contributed by atoms with Crippen molar-refractivity contribution in [2.24, 2.45) is 0 Å². The van der Waals surface area contributed by atoms with Crippen LogP contribution < -0.4 is 5.32 Å². The summed E-state index contributed by atoms with van der Waals surface area (Å²) >= 11 is 0. The molecular weight excluding hydrogens is 1030 g/mol. The topological polar surface area (TPSA) is 95.9 Å². The molecule has 84 heavy (non-hydrogen) atoms. The van der Waals surface area contributed by atoms with Gasteiger partial charge in [0, 0.05) is 12.8 Å². The SMILES string of the molecule is CCCCCCCCCCCCCCCCCCCCCCCCCCCC(O)C(CO)NC(=O)CCCCCCCCCCCCC/C=C\CCCCCCCCCCCCCCOC(=O)CCCCCCCCCCCCCCCCC. The van der Waals surface area contributed by atoms with Gasteiger partial charge < -0.3 is 20.3 Å².